The van der Waals surface area contributed by atoms with Crippen molar-refractivity contribution in [3.63, 3.8) is 0 Å². The first-order valence-electron chi connectivity index (χ1n) is 6.96. The van der Waals surface area contributed by atoms with Gasteiger partial charge < -0.3 is 10.1 Å². The number of nitriles is 2. The molecular formula is C17H7F6N3O. The van der Waals surface area contributed by atoms with Crippen molar-refractivity contribution in [1.29, 1.82) is 10.5 Å². The predicted octanol–water partition coefficient (Wildman–Crippen LogP) is 5.26. The number of alkyl halides is 3. The van der Waals surface area contributed by atoms with E-state index in [1.807, 2.05) is 0 Å². The summed E-state index contributed by atoms with van der Waals surface area (Å²) in [6, 6.07) is 5.95. The molecule has 10 heteroatoms. The van der Waals surface area contributed by atoms with E-state index in [1.165, 1.54) is 12.1 Å². The number of hydrogen-bond acceptors (Lipinski definition) is 4. The molecule has 2 aromatic rings. The van der Waals surface area contributed by atoms with Crippen LogP contribution < -0.4 is 10.1 Å². The first kappa shape index (κ1) is 19.7. The molecule has 0 radical (unpaired) electrons. The Hall–Kier alpha value is -3.66. The zero-order chi connectivity index (χ0) is 20.2. The van der Waals surface area contributed by atoms with Gasteiger partial charge in [0.05, 0.1) is 11.3 Å². The first-order chi connectivity index (χ1) is 12.7. The maximum absolute atomic E-state index is 13.8. The smallest absolute Gasteiger partial charge is 0.416 e. The first-order valence-corrected chi connectivity index (χ1v) is 6.96. The summed E-state index contributed by atoms with van der Waals surface area (Å²) in [4.78, 5) is 0. The van der Waals surface area contributed by atoms with Crippen LogP contribution in [0, 0.1) is 40.1 Å². The summed E-state index contributed by atoms with van der Waals surface area (Å²) >= 11 is 0. The molecule has 0 aliphatic heterocycles. The minimum absolute atomic E-state index is 0.0654. The molecule has 0 heterocycles. The molecule has 0 atom stereocenters. The summed E-state index contributed by atoms with van der Waals surface area (Å²) in [6.07, 6.45) is -4.06. The average molecular weight is 383 g/mol. The number of anilines is 1. The van der Waals surface area contributed by atoms with E-state index < -0.39 is 34.9 Å². The molecule has 0 aromatic heterocycles. The number of hydrogen-bond donors (Lipinski definition) is 1. The van der Waals surface area contributed by atoms with E-state index in [-0.39, 0.29) is 29.1 Å². The highest BCUT2D eigenvalue weighted by Gasteiger charge is 2.33. The molecule has 2 rings (SSSR count). The van der Waals surface area contributed by atoms with Crippen LogP contribution in [0.4, 0.5) is 32.0 Å². The third-order valence-corrected chi connectivity index (χ3v) is 3.10. The van der Waals surface area contributed by atoms with E-state index in [4.69, 9.17) is 15.3 Å². The number of ether oxygens (including phenoxy) is 1. The lowest BCUT2D eigenvalue weighted by Crippen LogP contribution is -2.07. The molecule has 1 N–H and O–H groups in total. The third-order valence-electron chi connectivity index (χ3n) is 3.10. The second-order valence-corrected chi connectivity index (χ2v) is 4.94. The van der Waals surface area contributed by atoms with Gasteiger partial charge in [-0.15, -0.1) is 0 Å². The van der Waals surface area contributed by atoms with Gasteiger partial charge in [-0.1, -0.05) is 0 Å². The molecule has 4 nitrogen and oxygen atoms in total. The highest BCUT2D eigenvalue weighted by atomic mass is 19.4. The third kappa shape index (κ3) is 4.70. The van der Waals surface area contributed by atoms with Gasteiger partial charge in [0.1, 0.15) is 29.3 Å². The largest absolute Gasteiger partial charge is 0.451 e. The van der Waals surface area contributed by atoms with Crippen LogP contribution in [0.1, 0.15) is 5.56 Å². The van der Waals surface area contributed by atoms with Crippen LogP contribution in [-0.4, -0.2) is 0 Å². The quantitative estimate of drug-likeness (QED) is 0.578. The average Bonchev–Trinajstić information content (AvgIpc) is 2.60. The number of rotatable bonds is 4. The van der Waals surface area contributed by atoms with E-state index in [1.54, 1.807) is 0 Å². The van der Waals surface area contributed by atoms with Crippen LogP contribution in [0.5, 0.6) is 11.5 Å². The van der Waals surface area contributed by atoms with Crippen LogP contribution in [0.3, 0.4) is 0 Å². The van der Waals surface area contributed by atoms with E-state index in [0.29, 0.717) is 0 Å². The fraction of sp³-hybridized carbons (Fsp3) is 0.0588. The molecule has 0 bridgehead atoms. The summed E-state index contributed by atoms with van der Waals surface area (Å²) in [7, 11) is 0. The van der Waals surface area contributed by atoms with Crippen molar-refractivity contribution in [1.82, 2.24) is 0 Å². The van der Waals surface area contributed by atoms with Crippen molar-refractivity contribution in [2.24, 2.45) is 0 Å². The van der Waals surface area contributed by atoms with Crippen LogP contribution in [0.25, 0.3) is 0 Å². The Bertz CT molecular complexity index is 947. The van der Waals surface area contributed by atoms with Gasteiger partial charge in [-0.3, -0.25) is 0 Å². The number of halogens is 6. The Kier molecular flexibility index (Phi) is 5.61. The van der Waals surface area contributed by atoms with Crippen molar-refractivity contribution in [2.45, 2.75) is 6.18 Å². The Morgan fingerprint density at radius 3 is 2.07 bits per heavy atom. The van der Waals surface area contributed by atoms with Crippen molar-refractivity contribution in [3.05, 3.63) is 65.1 Å². The fourth-order valence-electron chi connectivity index (χ4n) is 1.86. The summed E-state index contributed by atoms with van der Waals surface area (Å²) < 4.78 is 83.9. The van der Waals surface area contributed by atoms with Gasteiger partial charge in [0.2, 0.25) is 0 Å². The van der Waals surface area contributed by atoms with Gasteiger partial charge >= 0.3 is 6.18 Å². The second kappa shape index (κ2) is 7.70. The highest BCUT2D eigenvalue weighted by Crippen LogP contribution is 2.36. The number of nitrogens with zero attached hydrogens (tertiary/aromatic N) is 2. The molecule has 2 aromatic carbocycles. The monoisotopic (exact) mass is 383 g/mol. The summed E-state index contributed by atoms with van der Waals surface area (Å²) in [5.74, 6) is -5.46. The SMILES string of the molecule is N#CC(C#N)=CNc1cc(Oc2c(F)cc(C(F)(F)F)cc2F)ccc1F. The minimum Gasteiger partial charge on any atom is -0.451 e. The zero-order valence-electron chi connectivity index (χ0n) is 13.0. The lowest BCUT2D eigenvalue weighted by molar-refractivity contribution is -0.138. The van der Waals surface area contributed by atoms with Crippen molar-refractivity contribution < 1.29 is 31.1 Å². The van der Waals surface area contributed by atoms with Gasteiger partial charge in [-0.2, -0.15) is 23.7 Å². The molecular weight excluding hydrogens is 376 g/mol. The van der Waals surface area contributed by atoms with E-state index in [0.717, 1.165) is 24.4 Å². The lowest BCUT2D eigenvalue weighted by atomic mass is 10.2. The lowest BCUT2D eigenvalue weighted by Gasteiger charge is -2.12. The van der Waals surface area contributed by atoms with E-state index in [9.17, 15) is 26.3 Å². The fourth-order valence-corrected chi connectivity index (χ4v) is 1.86. The number of allylic oxidation sites excluding steroid dienone is 1. The summed E-state index contributed by atoms with van der Waals surface area (Å²) in [5, 5.41) is 19.5. The molecule has 0 amide bonds. The van der Waals surface area contributed by atoms with Crippen molar-refractivity contribution in [2.75, 3.05) is 5.32 Å². The maximum atomic E-state index is 13.8. The highest BCUT2D eigenvalue weighted by molar-refractivity contribution is 5.54. The minimum atomic E-state index is -4.95. The van der Waals surface area contributed by atoms with Crippen molar-refractivity contribution in [3.8, 4) is 23.6 Å². The van der Waals surface area contributed by atoms with Crippen molar-refractivity contribution >= 4 is 5.69 Å². The van der Waals surface area contributed by atoms with Crippen LogP contribution >= 0.6 is 0 Å². The van der Waals surface area contributed by atoms with Gasteiger partial charge in [0.15, 0.2) is 17.4 Å². The molecule has 0 unspecified atom stereocenters. The standard InChI is InChI=1S/C17H7F6N3O/c18-12-2-1-11(5-15(12)26-8-9(6-24)7-25)27-16-13(19)3-10(4-14(16)20)17(21,22)23/h1-5,8,26H. The van der Waals surface area contributed by atoms with Gasteiger partial charge in [-0.05, 0) is 24.3 Å². The molecule has 0 saturated carbocycles. The molecule has 0 saturated heterocycles. The Balaban J connectivity index is 2.34. The normalized spacial score (nSPS) is 10.5. The van der Waals surface area contributed by atoms with Gasteiger partial charge in [-0.25, -0.2) is 13.2 Å². The van der Waals surface area contributed by atoms with Crippen LogP contribution in [-0.2, 0) is 6.18 Å². The molecule has 0 aliphatic rings. The zero-order valence-corrected chi connectivity index (χ0v) is 13.0. The maximum Gasteiger partial charge on any atom is 0.416 e. The summed E-state index contributed by atoms with van der Waals surface area (Å²) in [6.45, 7) is 0. The molecule has 138 valence electrons. The summed E-state index contributed by atoms with van der Waals surface area (Å²) in [5.41, 5.74) is -2.21. The molecule has 27 heavy (non-hydrogen) atoms. The molecule has 0 aliphatic carbocycles. The predicted molar refractivity (Wildman–Crippen MR) is 80.8 cm³/mol. The molecule has 0 fully saturated rings. The Morgan fingerprint density at radius 2 is 1.56 bits per heavy atom. The second-order valence-electron chi connectivity index (χ2n) is 4.94. The van der Waals surface area contributed by atoms with Crippen LogP contribution in [0.2, 0.25) is 0 Å². The number of benzene rings is 2. The van der Waals surface area contributed by atoms with E-state index in [2.05, 4.69) is 5.32 Å². The topological polar surface area (TPSA) is 68.8 Å². The van der Waals surface area contributed by atoms with Gasteiger partial charge in [0.25, 0.3) is 0 Å². The Labute approximate surface area is 148 Å². The molecule has 0 spiro atoms. The van der Waals surface area contributed by atoms with Crippen LogP contribution in [0.15, 0.2) is 42.1 Å². The van der Waals surface area contributed by atoms with Gasteiger partial charge in [0, 0.05) is 12.3 Å². The Morgan fingerprint density at radius 1 is 0.963 bits per heavy atom. The van der Waals surface area contributed by atoms with E-state index >= 15 is 0 Å². The number of nitrogens with one attached hydrogen (secondary N) is 1.